The Morgan fingerprint density at radius 1 is 1.26 bits per heavy atom. The first-order valence-corrected chi connectivity index (χ1v) is 12.4. The van der Waals surface area contributed by atoms with E-state index in [-0.39, 0.29) is 22.7 Å². The number of hydrogen-bond acceptors (Lipinski definition) is 7. The average molecular weight is 488 g/mol. The van der Waals surface area contributed by atoms with Crippen LogP contribution in [0.1, 0.15) is 11.6 Å². The maximum absolute atomic E-state index is 12.6. The van der Waals surface area contributed by atoms with E-state index < -0.39 is 10.0 Å². The van der Waals surface area contributed by atoms with Gasteiger partial charge in [0.1, 0.15) is 9.96 Å². The summed E-state index contributed by atoms with van der Waals surface area (Å²) in [6.07, 6.45) is 0. The molecule has 0 aliphatic carbocycles. The molecule has 0 radical (unpaired) electrons. The maximum atomic E-state index is 12.6. The fraction of sp³-hybridized carbons (Fsp3) is 0.450. The van der Waals surface area contributed by atoms with Crippen LogP contribution in [0.15, 0.2) is 40.6 Å². The van der Waals surface area contributed by atoms with Crippen LogP contribution in [0.3, 0.4) is 0 Å². The number of sulfonamides is 1. The Hall–Kier alpha value is -1.69. The van der Waals surface area contributed by atoms with Crippen LogP contribution in [-0.4, -0.2) is 77.1 Å². The van der Waals surface area contributed by atoms with E-state index in [0.29, 0.717) is 24.1 Å². The highest BCUT2D eigenvalue weighted by atomic mass is 35.5. The number of nitrogens with one attached hydrogen (secondary N) is 1. The molecular weight excluding hydrogens is 462 g/mol. The van der Waals surface area contributed by atoms with Crippen molar-refractivity contribution in [3.8, 4) is 5.75 Å². The fourth-order valence-corrected chi connectivity index (χ4v) is 6.14. The van der Waals surface area contributed by atoms with Crippen molar-refractivity contribution in [3.63, 3.8) is 0 Å². The molecule has 11 heteroatoms. The highest BCUT2D eigenvalue weighted by molar-refractivity contribution is 7.91. The second-order valence-electron chi connectivity index (χ2n) is 7.06. The van der Waals surface area contributed by atoms with Gasteiger partial charge in [0.05, 0.1) is 37.2 Å². The average Bonchev–Trinajstić information content (AvgIpc) is 3.22. The van der Waals surface area contributed by atoms with E-state index in [1.807, 2.05) is 24.3 Å². The summed E-state index contributed by atoms with van der Waals surface area (Å²) in [6, 6.07) is 10.6. The molecule has 1 aromatic carbocycles. The number of hydrogen-bond donors (Lipinski definition) is 1. The SMILES string of the molecule is COc1ccc(C(CNC(=O)CN(C)S(=O)(=O)c2ccc(Cl)s2)N2CCOCC2)cc1. The van der Waals surface area contributed by atoms with Crippen LogP contribution in [0.5, 0.6) is 5.75 Å². The number of likely N-dealkylation sites (N-methyl/N-ethyl adjacent to an activating group) is 1. The van der Waals surface area contributed by atoms with Crippen LogP contribution >= 0.6 is 22.9 Å². The van der Waals surface area contributed by atoms with Gasteiger partial charge in [0.25, 0.3) is 10.0 Å². The summed E-state index contributed by atoms with van der Waals surface area (Å²) in [5.41, 5.74) is 1.04. The van der Waals surface area contributed by atoms with Crippen molar-refractivity contribution in [2.24, 2.45) is 0 Å². The summed E-state index contributed by atoms with van der Waals surface area (Å²) in [7, 11) is -0.771. The number of benzene rings is 1. The molecule has 2 heterocycles. The standard InChI is InChI=1S/C20H26ClN3O5S2/c1-23(31(26,27)20-8-7-18(21)30-20)14-19(25)22-13-17(24-9-11-29-12-10-24)15-3-5-16(28-2)6-4-15/h3-8,17H,9-14H2,1-2H3,(H,22,25). The summed E-state index contributed by atoms with van der Waals surface area (Å²) in [4.78, 5) is 14.8. The molecule has 1 atom stereocenters. The summed E-state index contributed by atoms with van der Waals surface area (Å²) >= 11 is 6.81. The Morgan fingerprint density at radius 2 is 1.94 bits per heavy atom. The van der Waals surface area contributed by atoms with Crippen LogP contribution in [0.25, 0.3) is 0 Å². The van der Waals surface area contributed by atoms with E-state index in [2.05, 4.69) is 10.2 Å². The molecule has 1 saturated heterocycles. The smallest absolute Gasteiger partial charge is 0.252 e. The van der Waals surface area contributed by atoms with E-state index in [1.54, 1.807) is 7.11 Å². The number of carbonyl (C=O) groups is 1. The molecule has 3 rings (SSSR count). The monoisotopic (exact) mass is 487 g/mol. The second-order valence-corrected chi connectivity index (χ2v) is 11.0. The second kappa shape index (κ2) is 10.8. The molecule has 1 amide bonds. The fourth-order valence-electron chi connectivity index (χ4n) is 3.32. The Kier molecular flexibility index (Phi) is 8.31. The maximum Gasteiger partial charge on any atom is 0.252 e. The topological polar surface area (TPSA) is 88.2 Å². The Morgan fingerprint density at radius 3 is 2.52 bits per heavy atom. The zero-order valence-electron chi connectivity index (χ0n) is 17.4. The van der Waals surface area contributed by atoms with Crippen molar-refractivity contribution in [1.29, 1.82) is 0 Å². The first kappa shape index (κ1) is 24.0. The van der Waals surface area contributed by atoms with Gasteiger partial charge in [-0.25, -0.2) is 8.42 Å². The number of ether oxygens (including phenoxy) is 2. The van der Waals surface area contributed by atoms with Gasteiger partial charge in [-0.05, 0) is 29.8 Å². The minimum Gasteiger partial charge on any atom is -0.497 e. The number of thiophene rings is 1. The zero-order chi connectivity index (χ0) is 22.4. The highest BCUT2D eigenvalue weighted by Gasteiger charge is 2.26. The molecule has 1 fully saturated rings. The van der Waals surface area contributed by atoms with E-state index in [0.717, 1.165) is 40.0 Å². The van der Waals surface area contributed by atoms with E-state index in [1.165, 1.54) is 19.2 Å². The highest BCUT2D eigenvalue weighted by Crippen LogP contribution is 2.27. The predicted molar refractivity (Wildman–Crippen MR) is 120 cm³/mol. The normalized spacial score (nSPS) is 16.3. The van der Waals surface area contributed by atoms with Gasteiger partial charge in [-0.1, -0.05) is 23.7 Å². The van der Waals surface area contributed by atoms with Crippen molar-refractivity contribution >= 4 is 38.9 Å². The van der Waals surface area contributed by atoms with Crippen LogP contribution in [0.2, 0.25) is 4.34 Å². The quantitative estimate of drug-likeness (QED) is 0.583. The molecule has 1 aliphatic rings. The summed E-state index contributed by atoms with van der Waals surface area (Å²) in [5.74, 6) is 0.384. The molecule has 0 bridgehead atoms. The predicted octanol–water partition coefficient (Wildman–Crippen LogP) is 2.22. The molecule has 1 aromatic heterocycles. The lowest BCUT2D eigenvalue weighted by Crippen LogP contribution is -2.45. The number of morpholine rings is 1. The zero-order valence-corrected chi connectivity index (χ0v) is 19.8. The molecule has 0 saturated carbocycles. The molecule has 2 aromatic rings. The lowest BCUT2D eigenvalue weighted by atomic mass is 10.0. The van der Waals surface area contributed by atoms with Gasteiger partial charge in [0.2, 0.25) is 5.91 Å². The van der Waals surface area contributed by atoms with Gasteiger partial charge in [0.15, 0.2) is 0 Å². The molecule has 0 spiro atoms. The Labute approximate surface area is 191 Å². The van der Waals surface area contributed by atoms with Gasteiger partial charge in [-0.2, -0.15) is 4.31 Å². The number of halogens is 1. The molecule has 8 nitrogen and oxygen atoms in total. The van der Waals surface area contributed by atoms with Crippen LogP contribution in [-0.2, 0) is 19.6 Å². The lowest BCUT2D eigenvalue weighted by Gasteiger charge is -2.35. The Balaban J connectivity index is 1.65. The van der Waals surface area contributed by atoms with Crippen molar-refractivity contribution in [1.82, 2.24) is 14.5 Å². The lowest BCUT2D eigenvalue weighted by molar-refractivity contribution is -0.121. The summed E-state index contributed by atoms with van der Waals surface area (Å²) in [5, 5.41) is 2.89. The van der Waals surface area contributed by atoms with Crippen molar-refractivity contribution in [3.05, 3.63) is 46.3 Å². The minimum absolute atomic E-state index is 0.0585. The third kappa shape index (κ3) is 6.18. The molecular formula is C20H26ClN3O5S2. The summed E-state index contributed by atoms with van der Waals surface area (Å²) in [6.45, 7) is 2.83. The number of rotatable bonds is 9. The third-order valence-electron chi connectivity index (χ3n) is 5.06. The van der Waals surface area contributed by atoms with Crippen LogP contribution < -0.4 is 10.1 Å². The first-order chi connectivity index (χ1) is 14.8. The summed E-state index contributed by atoms with van der Waals surface area (Å²) < 4.78 is 37.4. The molecule has 1 aliphatic heterocycles. The Bertz CT molecular complexity index is 975. The van der Waals surface area contributed by atoms with Crippen molar-refractivity contribution in [2.45, 2.75) is 10.3 Å². The first-order valence-electron chi connectivity index (χ1n) is 9.75. The van der Waals surface area contributed by atoms with Crippen molar-refractivity contribution < 1.29 is 22.7 Å². The third-order valence-corrected chi connectivity index (χ3v) is 8.56. The largest absolute Gasteiger partial charge is 0.497 e. The number of amides is 1. The number of nitrogens with zero attached hydrogens (tertiary/aromatic N) is 2. The molecule has 1 N–H and O–H groups in total. The van der Waals surface area contributed by atoms with E-state index in [9.17, 15) is 13.2 Å². The van der Waals surface area contributed by atoms with Crippen molar-refractivity contribution in [2.75, 3.05) is 53.6 Å². The van der Waals surface area contributed by atoms with E-state index >= 15 is 0 Å². The number of carbonyl (C=O) groups excluding carboxylic acids is 1. The van der Waals surface area contributed by atoms with Gasteiger partial charge in [-0.15, -0.1) is 11.3 Å². The van der Waals surface area contributed by atoms with Gasteiger partial charge in [0, 0.05) is 26.7 Å². The van der Waals surface area contributed by atoms with Crippen LogP contribution in [0.4, 0.5) is 0 Å². The molecule has 1 unspecified atom stereocenters. The van der Waals surface area contributed by atoms with Gasteiger partial charge in [-0.3, -0.25) is 9.69 Å². The molecule has 170 valence electrons. The molecule has 31 heavy (non-hydrogen) atoms. The van der Waals surface area contributed by atoms with Gasteiger partial charge >= 0.3 is 0 Å². The van der Waals surface area contributed by atoms with E-state index in [4.69, 9.17) is 21.1 Å². The number of methoxy groups -OCH3 is 1. The van der Waals surface area contributed by atoms with Gasteiger partial charge < -0.3 is 14.8 Å². The van der Waals surface area contributed by atoms with Crippen LogP contribution in [0, 0.1) is 0 Å². The minimum atomic E-state index is -3.77.